The number of halogens is 1. The molecule has 0 bridgehead atoms. The second-order valence-corrected chi connectivity index (χ2v) is 4.71. The van der Waals surface area contributed by atoms with Gasteiger partial charge in [-0.25, -0.2) is 4.39 Å². The Bertz CT molecular complexity index is 762. The van der Waals surface area contributed by atoms with Crippen LogP contribution in [0.3, 0.4) is 0 Å². The first-order valence-electron chi connectivity index (χ1n) is 6.71. The van der Waals surface area contributed by atoms with Crippen molar-refractivity contribution in [3.05, 3.63) is 72.6 Å². The molecular weight excluding hydrogens is 267 g/mol. The number of hydrogen-bond acceptors (Lipinski definition) is 2. The summed E-state index contributed by atoms with van der Waals surface area (Å²) in [5.74, 6) is 0.353. The molecule has 0 fully saturated rings. The number of aromatic nitrogens is 2. The summed E-state index contributed by atoms with van der Waals surface area (Å²) in [6, 6.07) is 14.3. The lowest BCUT2D eigenvalue weighted by molar-refractivity contribution is 0.347. The van der Waals surface area contributed by atoms with Crippen LogP contribution in [0.15, 0.2) is 61.2 Å². The summed E-state index contributed by atoms with van der Waals surface area (Å²) >= 11 is 0. The van der Waals surface area contributed by atoms with Crippen molar-refractivity contribution in [2.75, 3.05) is 6.61 Å². The Morgan fingerprint density at radius 2 is 1.90 bits per heavy atom. The van der Waals surface area contributed by atoms with E-state index in [0.717, 1.165) is 16.5 Å². The standard InChI is InChI=1S/C17H15FN2O/c1-2-11-21-17-15-5-3-4-6-16(15)20(19-17)12-13-7-9-14(18)10-8-13/h2-10H,1,11-12H2. The molecule has 1 aromatic heterocycles. The quantitative estimate of drug-likeness (QED) is 0.666. The molecule has 0 aliphatic rings. The molecule has 3 rings (SSSR count). The third-order valence-electron chi connectivity index (χ3n) is 3.21. The van der Waals surface area contributed by atoms with Crippen molar-refractivity contribution >= 4 is 10.9 Å². The second kappa shape index (κ2) is 5.79. The number of rotatable bonds is 5. The zero-order chi connectivity index (χ0) is 14.7. The number of hydrogen-bond donors (Lipinski definition) is 0. The summed E-state index contributed by atoms with van der Waals surface area (Å²) in [5, 5.41) is 5.46. The molecule has 106 valence electrons. The average Bonchev–Trinajstić information content (AvgIpc) is 2.86. The van der Waals surface area contributed by atoms with Crippen LogP contribution in [0.2, 0.25) is 0 Å². The van der Waals surface area contributed by atoms with Gasteiger partial charge in [0.25, 0.3) is 0 Å². The van der Waals surface area contributed by atoms with Crippen molar-refractivity contribution in [1.82, 2.24) is 9.78 Å². The van der Waals surface area contributed by atoms with E-state index in [1.54, 1.807) is 18.2 Å². The minimum atomic E-state index is -0.237. The Balaban J connectivity index is 1.97. The van der Waals surface area contributed by atoms with Crippen molar-refractivity contribution in [1.29, 1.82) is 0 Å². The topological polar surface area (TPSA) is 27.1 Å². The Morgan fingerprint density at radius 1 is 1.14 bits per heavy atom. The molecule has 0 amide bonds. The number of para-hydroxylation sites is 1. The summed E-state index contributed by atoms with van der Waals surface area (Å²) in [4.78, 5) is 0. The lowest BCUT2D eigenvalue weighted by Crippen LogP contribution is -2.02. The monoisotopic (exact) mass is 282 g/mol. The molecule has 0 saturated carbocycles. The van der Waals surface area contributed by atoms with Gasteiger partial charge in [0.05, 0.1) is 17.4 Å². The van der Waals surface area contributed by atoms with Crippen molar-refractivity contribution in [3.8, 4) is 5.88 Å². The van der Waals surface area contributed by atoms with Crippen LogP contribution in [-0.2, 0) is 6.54 Å². The Labute approximate surface area is 122 Å². The largest absolute Gasteiger partial charge is 0.472 e. The third kappa shape index (κ3) is 2.79. The highest BCUT2D eigenvalue weighted by Crippen LogP contribution is 2.25. The molecule has 4 heteroatoms. The Kier molecular flexibility index (Phi) is 3.69. The summed E-state index contributed by atoms with van der Waals surface area (Å²) in [5.41, 5.74) is 1.97. The molecule has 0 saturated heterocycles. The van der Waals surface area contributed by atoms with E-state index in [2.05, 4.69) is 11.7 Å². The number of fused-ring (bicyclic) bond motifs is 1. The van der Waals surface area contributed by atoms with E-state index >= 15 is 0 Å². The highest BCUT2D eigenvalue weighted by atomic mass is 19.1. The summed E-state index contributed by atoms with van der Waals surface area (Å²) in [6.45, 7) is 4.63. The van der Waals surface area contributed by atoms with Crippen molar-refractivity contribution in [2.45, 2.75) is 6.54 Å². The van der Waals surface area contributed by atoms with E-state index in [-0.39, 0.29) is 5.82 Å². The fourth-order valence-electron chi connectivity index (χ4n) is 2.22. The Morgan fingerprint density at radius 3 is 2.67 bits per heavy atom. The molecule has 21 heavy (non-hydrogen) atoms. The first kappa shape index (κ1) is 13.4. The molecule has 0 aliphatic carbocycles. The molecule has 3 aromatic rings. The van der Waals surface area contributed by atoms with Crippen LogP contribution in [0, 0.1) is 5.82 Å². The van der Waals surface area contributed by atoms with Crippen molar-refractivity contribution in [2.24, 2.45) is 0 Å². The second-order valence-electron chi connectivity index (χ2n) is 4.71. The summed E-state index contributed by atoms with van der Waals surface area (Å²) in [6.07, 6.45) is 1.69. The lowest BCUT2D eigenvalue weighted by atomic mass is 10.2. The van der Waals surface area contributed by atoms with Crippen LogP contribution in [0.1, 0.15) is 5.56 Å². The predicted molar refractivity (Wildman–Crippen MR) is 80.9 cm³/mol. The van der Waals surface area contributed by atoms with Gasteiger partial charge >= 0.3 is 0 Å². The van der Waals surface area contributed by atoms with E-state index in [0.29, 0.717) is 19.0 Å². The maximum atomic E-state index is 13.0. The van der Waals surface area contributed by atoms with Crippen LogP contribution in [0.4, 0.5) is 4.39 Å². The fraction of sp³-hybridized carbons (Fsp3) is 0.118. The van der Waals surface area contributed by atoms with Gasteiger partial charge in [-0.2, -0.15) is 0 Å². The van der Waals surface area contributed by atoms with Gasteiger partial charge in [0.2, 0.25) is 5.88 Å². The predicted octanol–water partition coefficient (Wildman–Crippen LogP) is 3.79. The number of ether oxygens (including phenoxy) is 1. The van der Waals surface area contributed by atoms with Crippen LogP contribution in [0.5, 0.6) is 5.88 Å². The minimum Gasteiger partial charge on any atom is -0.472 e. The molecule has 3 nitrogen and oxygen atoms in total. The average molecular weight is 282 g/mol. The van der Waals surface area contributed by atoms with Gasteiger partial charge in [-0.1, -0.05) is 36.9 Å². The molecule has 0 atom stereocenters. The van der Waals surface area contributed by atoms with E-state index in [9.17, 15) is 4.39 Å². The Hall–Kier alpha value is -2.62. The maximum absolute atomic E-state index is 13.0. The van der Waals surface area contributed by atoms with Gasteiger partial charge in [0.15, 0.2) is 0 Å². The molecule has 1 heterocycles. The lowest BCUT2D eigenvalue weighted by Gasteiger charge is -2.03. The zero-order valence-electron chi connectivity index (χ0n) is 11.5. The van der Waals surface area contributed by atoms with E-state index in [1.807, 2.05) is 28.9 Å². The van der Waals surface area contributed by atoms with Crippen molar-refractivity contribution < 1.29 is 9.13 Å². The molecule has 0 aliphatic heterocycles. The number of nitrogens with zero attached hydrogens (tertiary/aromatic N) is 2. The SMILES string of the molecule is C=CCOc1nn(Cc2ccc(F)cc2)c2ccccc12. The first-order valence-corrected chi connectivity index (χ1v) is 6.71. The number of benzene rings is 2. The van der Waals surface area contributed by atoms with Crippen LogP contribution in [-0.4, -0.2) is 16.4 Å². The maximum Gasteiger partial charge on any atom is 0.241 e. The molecule has 0 radical (unpaired) electrons. The molecular formula is C17H15FN2O. The summed E-state index contributed by atoms with van der Waals surface area (Å²) < 4.78 is 20.4. The van der Waals surface area contributed by atoms with Gasteiger partial charge in [-0.3, -0.25) is 4.68 Å². The van der Waals surface area contributed by atoms with Crippen LogP contribution >= 0.6 is 0 Å². The third-order valence-corrected chi connectivity index (χ3v) is 3.21. The zero-order valence-corrected chi connectivity index (χ0v) is 11.5. The highest BCUT2D eigenvalue weighted by molar-refractivity contribution is 5.84. The van der Waals surface area contributed by atoms with Gasteiger partial charge in [-0.05, 0) is 29.8 Å². The first-order chi connectivity index (χ1) is 10.3. The van der Waals surface area contributed by atoms with Crippen LogP contribution < -0.4 is 4.74 Å². The summed E-state index contributed by atoms with van der Waals surface area (Å²) in [7, 11) is 0. The highest BCUT2D eigenvalue weighted by Gasteiger charge is 2.11. The van der Waals surface area contributed by atoms with Gasteiger partial charge in [-0.15, -0.1) is 5.10 Å². The van der Waals surface area contributed by atoms with Gasteiger partial charge < -0.3 is 4.74 Å². The van der Waals surface area contributed by atoms with E-state index in [4.69, 9.17) is 4.74 Å². The molecule has 2 aromatic carbocycles. The van der Waals surface area contributed by atoms with Crippen molar-refractivity contribution in [3.63, 3.8) is 0 Å². The minimum absolute atomic E-state index is 0.237. The van der Waals surface area contributed by atoms with Crippen LogP contribution in [0.25, 0.3) is 10.9 Å². The molecule has 0 spiro atoms. The normalized spacial score (nSPS) is 10.7. The van der Waals surface area contributed by atoms with E-state index < -0.39 is 0 Å². The molecule has 0 unspecified atom stereocenters. The van der Waals surface area contributed by atoms with E-state index in [1.165, 1.54) is 12.1 Å². The molecule has 0 N–H and O–H groups in total. The van der Waals surface area contributed by atoms with Gasteiger partial charge in [0, 0.05) is 0 Å². The fourth-order valence-corrected chi connectivity index (χ4v) is 2.22. The van der Waals surface area contributed by atoms with Gasteiger partial charge in [0.1, 0.15) is 12.4 Å². The smallest absolute Gasteiger partial charge is 0.241 e.